The Morgan fingerprint density at radius 3 is 2.65 bits per heavy atom. The van der Waals surface area contributed by atoms with Crippen LogP contribution in [0.3, 0.4) is 0 Å². The molecule has 0 aliphatic carbocycles. The van der Waals surface area contributed by atoms with E-state index in [0.29, 0.717) is 17.8 Å². The van der Waals surface area contributed by atoms with Crippen molar-refractivity contribution in [1.82, 2.24) is 10.3 Å². The van der Waals surface area contributed by atoms with E-state index in [1.54, 1.807) is 24.5 Å². The Morgan fingerprint density at radius 1 is 1.08 bits per heavy atom. The topological polar surface area (TPSA) is 71.1 Å². The Labute approximate surface area is 156 Å². The number of anilines is 1. The van der Waals surface area contributed by atoms with Gasteiger partial charge in [-0.3, -0.25) is 14.6 Å². The zero-order chi connectivity index (χ0) is 18.4. The number of nitrogens with one attached hydrogen (secondary N) is 2. The summed E-state index contributed by atoms with van der Waals surface area (Å²) in [5.74, 6) is -0.261. The van der Waals surface area contributed by atoms with Crippen molar-refractivity contribution in [1.29, 1.82) is 0 Å². The van der Waals surface area contributed by atoms with Crippen LogP contribution in [0, 0.1) is 0 Å². The van der Waals surface area contributed by atoms with Crippen LogP contribution in [0.4, 0.5) is 5.69 Å². The van der Waals surface area contributed by atoms with E-state index in [0.717, 1.165) is 22.4 Å². The average molecular weight is 365 g/mol. The minimum Gasteiger partial charge on any atom is -0.347 e. The van der Waals surface area contributed by atoms with Crippen LogP contribution in [0.25, 0.3) is 0 Å². The molecule has 2 amide bonds. The number of rotatable bonds is 6. The molecule has 0 bridgehead atoms. The van der Waals surface area contributed by atoms with Crippen molar-refractivity contribution in [2.24, 2.45) is 0 Å². The smallest absolute Gasteiger partial charge is 0.261 e. The van der Waals surface area contributed by atoms with Gasteiger partial charge in [-0.15, -0.1) is 11.3 Å². The molecule has 2 aromatic heterocycles. The molecule has 2 N–H and O–H groups in total. The van der Waals surface area contributed by atoms with Crippen molar-refractivity contribution < 1.29 is 9.59 Å². The van der Waals surface area contributed by atoms with E-state index in [2.05, 4.69) is 15.6 Å². The Kier molecular flexibility index (Phi) is 5.76. The molecule has 6 heteroatoms. The third-order valence-corrected chi connectivity index (χ3v) is 4.87. The van der Waals surface area contributed by atoms with Gasteiger partial charge in [-0.25, -0.2) is 0 Å². The van der Waals surface area contributed by atoms with Gasteiger partial charge in [0.25, 0.3) is 11.8 Å². The number of hydrogen-bond donors (Lipinski definition) is 2. The number of hydrogen-bond acceptors (Lipinski definition) is 4. The van der Waals surface area contributed by atoms with Crippen molar-refractivity contribution in [2.75, 3.05) is 5.32 Å². The Hall–Kier alpha value is -2.99. The van der Waals surface area contributed by atoms with Crippen LogP contribution in [0.15, 0.2) is 60.2 Å². The van der Waals surface area contributed by atoms with Crippen molar-refractivity contribution in [3.8, 4) is 0 Å². The highest BCUT2D eigenvalue weighted by molar-refractivity contribution is 7.12. The first-order valence-electron chi connectivity index (χ1n) is 8.32. The van der Waals surface area contributed by atoms with E-state index in [9.17, 15) is 9.59 Å². The van der Waals surface area contributed by atoms with Gasteiger partial charge in [0.1, 0.15) is 0 Å². The normalized spacial score (nSPS) is 10.3. The molecule has 0 fully saturated rings. The predicted molar refractivity (Wildman–Crippen MR) is 103 cm³/mol. The summed E-state index contributed by atoms with van der Waals surface area (Å²) in [7, 11) is 0. The Morgan fingerprint density at radius 2 is 1.88 bits per heavy atom. The number of benzene rings is 1. The van der Waals surface area contributed by atoms with E-state index in [1.807, 2.05) is 42.6 Å². The summed E-state index contributed by atoms with van der Waals surface area (Å²) in [6.07, 6.45) is 3.99. The largest absolute Gasteiger partial charge is 0.347 e. The molecule has 0 spiro atoms. The van der Waals surface area contributed by atoms with Crippen molar-refractivity contribution in [3.05, 3.63) is 81.8 Å². The summed E-state index contributed by atoms with van der Waals surface area (Å²) in [4.78, 5) is 29.2. The lowest BCUT2D eigenvalue weighted by Gasteiger charge is -2.09. The van der Waals surface area contributed by atoms with Crippen LogP contribution >= 0.6 is 11.3 Å². The maximum atomic E-state index is 12.3. The Balaban J connectivity index is 1.62. The summed E-state index contributed by atoms with van der Waals surface area (Å²) in [5, 5.41) is 7.73. The highest BCUT2D eigenvalue weighted by atomic mass is 32.1. The number of amides is 2. The summed E-state index contributed by atoms with van der Waals surface area (Å²) >= 11 is 1.45. The number of thiophene rings is 1. The Bertz CT molecular complexity index is 906. The molecule has 3 rings (SSSR count). The fourth-order valence-corrected chi connectivity index (χ4v) is 3.45. The molecular formula is C20H19N3O2S. The molecule has 2 heterocycles. The van der Waals surface area contributed by atoms with E-state index in [4.69, 9.17) is 0 Å². The first-order chi connectivity index (χ1) is 12.7. The number of pyridine rings is 1. The predicted octanol–water partition coefficient (Wildman–Crippen LogP) is 3.89. The minimum atomic E-state index is -0.195. The molecule has 0 radical (unpaired) electrons. The van der Waals surface area contributed by atoms with Gasteiger partial charge in [-0.2, -0.15) is 0 Å². The lowest BCUT2D eigenvalue weighted by molar-refractivity contribution is 0.0953. The number of aryl methyl sites for hydroxylation is 1. The molecule has 0 saturated carbocycles. The lowest BCUT2D eigenvalue weighted by atomic mass is 10.1. The van der Waals surface area contributed by atoms with E-state index < -0.39 is 0 Å². The average Bonchev–Trinajstić information content (AvgIpc) is 3.16. The van der Waals surface area contributed by atoms with Crippen LogP contribution in [0.1, 0.15) is 38.1 Å². The summed E-state index contributed by atoms with van der Waals surface area (Å²) in [6.45, 7) is 2.44. The van der Waals surface area contributed by atoms with E-state index in [-0.39, 0.29) is 11.8 Å². The van der Waals surface area contributed by atoms with Gasteiger partial charge in [0.2, 0.25) is 0 Å². The fraction of sp³-hybridized carbons (Fsp3) is 0.150. The number of nitrogens with zero attached hydrogens (tertiary/aromatic N) is 1. The second kappa shape index (κ2) is 8.40. The summed E-state index contributed by atoms with van der Waals surface area (Å²) < 4.78 is 0. The SMILES string of the molecule is CCc1ccsc1C(=O)NCc1cccc(NC(=O)c2ccncc2)c1. The molecule has 0 unspecified atom stereocenters. The third kappa shape index (κ3) is 4.34. The number of aromatic nitrogens is 1. The van der Waals surface area contributed by atoms with Crippen molar-refractivity contribution >= 4 is 28.8 Å². The highest BCUT2D eigenvalue weighted by Gasteiger charge is 2.12. The fourth-order valence-electron chi connectivity index (χ4n) is 2.54. The molecule has 0 saturated heterocycles. The van der Waals surface area contributed by atoms with Gasteiger partial charge in [-0.05, 0) is 53.3 Å². The second-order valence-corrected chi connectivity index (χ2v) is 6.62. The number of carbonyl (C=O) groups excluding carboxylic acids is 2. The van der Waals surface area contributed by atoms with Gasteiger partial charge >= 0.3 is 0 Å². The third-order valence-electron chi connectivity index (χ3n) is 3.91. The molecule has 0 aliphatic heterocycles. The quantitative estimate of drug-likeness (QED) is 0.696. The summed E-state index contributed by atoms with van der Waals surface area (Å²) in [6, 6.07) is 12.7. The van der Waals surface area contributed by atoms with Gasteiger partial charge in [0, 0.05) is 30.2 Å². The molecule has 26 heavy (non-hydrogen) atoms. The van der Waals surface area contributed by atoms with E-state index >= 15 is 0 Å². The standard InChI is InChI=1S/C20H19N3O2S/c1-2-15-8-11-26-18(15)20(25)22-13-14-4-3-5-17(12-14)23-19(24)16-6-9-21-10-7-16/h3-12H,2,13H2,1H3,(H,22,25)(H,23,24). The van der Waals surface area contributed by atoms with Crippen molar-refractivity contribution in [2.45, 2.75) is 19.9 Å². The van der Waals surface area contributed by atoms with Crippen LogP contribution in [0.5, 0.6) is 0 Å². The van der Waals surface area contributed by atoms with Crippen LogP contribution < -0.4 is 10.6 Å². The van der Waals surface area contributed by atoms with E-state index in [1.165, 1.54) is 11.3 Å². The summed E-state index contributed by atoms with van der Waals surface area (Å²) in [5.41, 5.74) is 3.21. The second-order valence-electron chi connectivity index (χ2n) is 5.70. The molecule has 0 aliphatic rings. The van der Waals surface area contributed by atoms with Crippen LogP contribution in [0.2, 0.25) is 0 Å². The maximum absolute atomic E-state index is 12.3. The lowest BCUT2D eigenvalue weighted by Crippen LogP contribution is -2.22. The zero-order valence-electron chi connectivity index (χ0n) is 14.4. The van der Waals surface area contributed by atoms with Crippen LogP contribution in [-0.4, -0.2) is 16.8 Å². The van der Waals surface area contributed by atoms with Crippen LogP contribution in [-0.2, 0) is 13.0 Å². The molecular weight excluding hydrogens is 346 g/mol. The maximum Gasteiger partial charge on any atom is 0.261 e. The van der Waals surface area contributed by atoms with Gasteiger partial charge in [0.15, 0.2) is 0 Å². The molecule has 5 nitrogen and oxygen atoms in total. The molecule has 3 aromatic rings. The molecule has 1 aromatic carbocycles. The van der Waals surface area contributed by atoms with Gasteiger partial charge in [-0.1, -0.05) is 19.1 Å². The van der Waals surface area contributed by atoms with Crippen molar-refractivity contribution in [3.63, 3.8) is 0 Å². The first-order valence-corrected chi connectivity index (χ1v) is 9.20. The van der Waals surface area contributed by atoms with Gasteiger partial charge in [0.05, 0.1) is 4.88 Å². The highest BCUT2D eigenvalue weighted by Crippen LogP contribution is 2.18. The minimum absolute atomic E-state index is 0.0666. The first kappa shape index (κ1) is 17.8. The molecule has 0 atom stereocenters. The molecule has 132 valence electrons. The van der Waals surface area contributed by atoms with Gasteiger partial charge < -0.3 is 10.6 Å². The monoisotopic (exact) mass is 365 g/mol. The zero-order valence-corrected chi connectivity index (χ0v) is 15.2. The number of carbonyl (C=O) groups is 2.